The first-order chi connectivity index (χ1) is 10.1. The number of nitrogens with zero attached hydrogens (tertiary/aromatic N) is 2. The van der Waals surface area contributed by atoms with Gasteiger partial charge in [0.25, 0.3) is 5.91 Å². The summed E-state index contributed by atoms with van der Waals surface area (Å²) in [5.74, 6) is -0.654. The minimum atomic E-state index is -0.458. The van der Waals surface area contributed by atoms with Crippen LogP contribution in [-0.2, 0) is 0 Å². The summed E-state index contributed by atoms with van der Waals surface area (Å²) < 4.78 is 14.5. The smallest absolute Gasteiger partial charge is 0.256 e. The highest BCUT2D eigenvalue weighted by atomic mass is 79.9. The Morgan fingerprint density at radius 3 is 2.48 bits per heavy atom. The fourth-order valence-corrected chi connectivity index (χ4v) is 3.34. The van der Waals surface area contributed by atoms with Crippen LogP contribution in [-0.4, -0.2) is 47.9 Å². The van der Waals surface area contributed by atoms with E-state index in [2.05, 4.69) is 34.7 Å². The summed E-state index contributed by atoms with van der Waals surface area (Å²) in [6.45, 7) is 7.81. The highest BCUT2D eigenvalue weighted by molar-refractivity contribution is 9.10. The summed E-state index contributed by atoms with van der Waals surface area (Å²) in [4.78, 5) is 16.6. The van der Waals surface area contributed by atoms with Gasteiger partial charge in [0.05, 0.1) is 5.56 Å². The maximum absolute atomic E-state index is 13.9. The van der Waals surface area contributed by atoms with Gasteiger partial charge in [0.1, 0.15) is 5.82 Å². The highest BCUT2D eigenvalue weighted by Gasteiger charge is 2.27. The molecule has 0 spiro atoms. The molecule has 0 unspecified atom stereocenters. The number of piperidine rings is 1. The van der Waals surface area contributed by atoms with Gasteiger partial charge in [-0.2, -0.15) is 0 Å². The molecule has 116 valence electrons. The Labute approximate surface area is 134 Å². The molecule has 0 aliphatic carbocycles. The highest BCUT2D eigenvalue weighted by Crippen LogP contribution is 2.21. The van der Waals surface area contributed by atoms with E-state index in [4.69, 9.17) is 0 Å². The maximum atomic E-state index is 13.9. The number of amides is 1. The Kier molecular flexibility index (Phi) is 5.76. The van der Waals surface area contributed by atoms with Crippen molar-refractivity contribution in [3.63, 3.8) is 0 Å². The Morgan fingerprint density at radius 2 is 1.95 bits per heavy atom. The van der Waals surface area contributed by atoms with Crippen molar-refractivity contribution in [1.82, 2.24) is 9.80 Å². The molecule has 3 nitrogen and oxygen atoms in total. The van der Waals surface area contributed by atoms with Crippen molar-refractivity contribution >= 4 is 21.8 Å². The van der Waals surface area contributed by atoms with Gasteiger partial charge in [-0.15, -0.1) is 0 Å². The van der Waals surface area contributed by atoms with E-state index in [1.165, 1.54) is 6.07 Å². The van der Waals surface area contributed by atoms with E-state index in [-0.39, 0.29) is 11.5 Å². The molecule has 1 fully saturated rings. The van der Waals surface area contributed by atoms with Crippen molar-refractivity contribution < 1.29 is 9.18 Å². The molecule has 0 N–H and O–H groups in total. The van der Waals surface area contributed by atoms with E-state index >= 15 is 0 Å². The monoisotopic (exact) mass is 356 g/mol. The fourth-order valence-electron chi connectivity index (χ4n) is 3.01. The summed E-state index contributed by atoms with van der Waals surface area (Å²) >= 11 is 3.21. The molecule has 21 heavy (non-hydrogen) atoms. The van der Waals surface area contributed by atoms with Crippen LogP contribution in [0.2, 0.25) is 0 Å². The normalized spacial score (nSPS) is 16.5. The number of likely N-dealkylation sites (tertiary alicyclic amines) is 1. The van der Waals surface area contributed by atoms with Crippen LogP contribution in [0, 0.1) is 5.82 Å². The van der Waals surface area contributed by atoms with Crippen LogP contribution in [0.25, 0.3) is 0 Å². The number of benzene rings is 1. The van der Waals surface area contributed by atoms with Crippen LogP contribution >= 0.6 is 15.9 Å². The largest absolute Gasteiger partial charge is 0.338 e. The van der Waals surface area contributed by atoms with E-state index < -0.39 is 5.82 Å². The molecule has 1 saturated heterocycles. The molecule has 0 atom stereocenters. The van der Waals surface area contributed by atoms with Gasteiger partial charge in [0.2, 0.25) is 0 Å². The molecular formula is C16H22BrFN2O. The first kappa shape index (κ1) is 16.4. The lowest BCUT2D eigenvalue weighted by atomic mass is 10.0. The van der Waals surface area contributed by atoms with Gasteiger partial charge in [0.15, 0.2) is 0 Å². The van der Waals surface area contributed by atoms with Gasteiger partial charge < -0.3 is 9.80 Å². The molecule has 1 aliphatic rings. The van der Waals surface area contributed by atoms with Crippen molar-refractivity contribution in [3.8, 4) is 0 Å². The van der Waals surface area contributed by atoms with Gasteiger partial charge >= 0.3 is 0 Å². The molecule has 1 aromatic rings. The number of carbonyl (C=O) groups is 1. The van der Waals surface area contributed by atoms with Gasteiger partial charge in [-0.1, -0.05) is 29.8 Å². The molecule has 2 rings (SSSR count). The summed E-state index contributed by atoms with van der Waals surface area (Å²) in [6.07, 6.45) is 1.93. The lowest BCUT2D eigenvalue weighted by molar-refractivity contribution is 0.0627. The predicted molar refractivity (Wildman–Crippen MR) is 85.9 cm³/mol. The first-order valence-corrected chi connectivity index (χ1v) is 8.34. The zero-order valence-electron chi connectivity index (χ0n) is 12.6. The number of hydrogen-bond donors (Lipinski definition) is 0. The molecule has 0 bridgehead atoms. The molecule has 5 heteroatoms. The molecular weight excluding hydrogens is 335 g/mol. The molecule has 1 aromatic carbocycles. The average molecular weight is 357 g/mol. The quantitative estimate of drug-likeness (QED) is 0.823. The second kappa shape index (κ2) is 7.36. The van der Waals surface area contributed by atoms with Crippen LogP contribution < -0.4 is 0 Å². The fraction of sp³-hybridized carbons (Fsp3) is 0.562. The molecule has 0 saturated carbocycles. The summed E-state index contributed by atoms with van der Waals surface area (Å²) in [6, 6.07) is 5.14. The lowest BCUT2D eigenvalue weighted by Gasteiger charge is -2.37. The minimum absolute atomic E-state index is 0.166. The summed E-state index contributed by atoms with van der Waals surface area (Å²) in [5, 5.41) is 0. The molecule has 0 radical (unpaired) electrons. The van der Waals surface area contributed by atoms with Crippen molar-refractivity contribution in [2.75, 3.05) is 26.2 Å². The molecule has 0 aromatic heterocycles. The number of halogens is 2. The third-order valence-corrected chi connectivity index (χ3v) is 4.74. The zero-order valence-corrected chi connectivity index (χ0v) is 14.2. The van der Waals surface area contributed by atoms with Crippen molar-refractivity contribution in [2.45, 2.75) is 32.7 Å². The van der Waals surface area contributed by atoms with Gasteiger partial charge in [-0.3, -0.25) is 4.79 Å². The van der Waals surface area contributed by atoms with E-state index in [0.29, 0.717) is 23.6 Å². The molecule has 1 aliphatic heterocycles. The number of hydrogen-bond acceptors (Lipinski definition) is 2. The zero-order chi connectivity index (χ0) is 15.4. The molecule has 1 amide bonds. The van der Waals surface area contributed by atoms with Crippen molar-refractivity contribution in [3.05, 3.63) is 34.1 Å². The number of carbonyl (C=O) groups excluding carboxylic acids is 1. The predicted octanol–water partition coefficient (Wildman–Crippen LogP) is 3.53. The van der Waals surface area contributed by atoms with Crippen LogP contribution in [0.5, 0.6) is 0 Å². The van der Waals surface area contributed by atoms with E-state index in [1.807, 2.05) is 0 Å². The minimum Gasteiger partial charge on any atom is -0.338 e. The molecule has 1 heterocycles. The Bertz CT molecular complexity index is 497. The van der Waals surface area contributed by atoms with Crippen LogP contribution in [0.3, 0.4) is 0 Å². The van der Waals surface area contributed by atoms with E-state index in [0.717, 1.165) is 25.9 Å². The second-order valence-corrected chi connectivity index (χ2v) is 6.28. The summed E-state index contributed by atoms with van der Waals surface area (Å²) in [7, 11) is 0. The maximum Gasteiger partial charge on any atom is 0.256 e. The van der Waals surface area contributed by atoms with Crippen molar-refractivity contribution in [2.24, 2.45) is 0 Å². The first-order valence-electron chi connectivity index (χ1n) is 7.55. The SMILES string of the molecule is CCN(CC)C1CCN(C(=O)c2ccc(Br)cc2F)CC1. The van der Waals surface area contributed by atoms with E-state index in [9.17, 15) is 9.18 Å². The van der Waals surface area contributed by atoms with Gasteiger partial charge in [-0.05, 0) is 44.1 Å². The van der Waals surface area contributed by atoms with Crippen molar-refractivity contribution in [1.29, 1.82) is 0 Å². The van der Waals surface area contributed by atoms with Crippen LogP contribution in [0.1, 0.15) is 37.0 Å². The average Bonchev–Trinajstić information content (AvgIpc) is 2.48. The lowest BCUT2D eigenvalue weighted by Crippen LogP contribution is -2.46. The number of rotatable bonds is 4. The van der Waals surface area contributed by atoms with E-state index in [1.54, 1.807) is 17.0 Å². The topological polar surface area (TPSA) is 23.6 Å². The Hall–Kier alpha value is -0.940. The second-order valence-electron chi connectivity index (χ2n) is 5.37. The van der Waals surface area contributed by atoms with Gasteiger partial charge in [-0.25, -0.2) is 4.39 Å². The van der Waals surface area contributed by atoms with Crippen LogP contribution in [0.4, 0.5) is 4.39 Å². The third kappa shape index (κ3) is 3.83. The van der Waals surface area contributed by atoms with Gasteiger partial charge in [0, 0.05) is 23.6 Å². The third-order valence-electron chi connectivity index (χ3n) is 4.24. The van der Waals surface area contributed by atoms with Crippen LogP contribution in [0.15, 0.2) is 22.7 Å². The standard InChI is InChI=1S/C16H22BrFN2O/c1-3-19(4-2)13-7-9-20(10-8-13)16(21)14-6-5-12(17)11-15(14)18/h5-6,11,13H,3-4,7-10H2,1-2H3. The Morgan fingerprint density at radius 1 is 1.33 bits per heavy atom. The Balaban J connectivity index is 2.00. The summed E-state index contributed by atoms with van der Waals surface area (Å²) in [5.41, 5.74) is 0.166.